The first-order valence-corrected chi connectivity index (χ1v) is 5.79. The lowest BCUT2D eigenvalue weighted by Crippen LogP contribution is -2.34. The molecular weight excluding hydrogens is 253 g/mol. The van der Waals surface area contributed by atoms with Gasteiger partial charge in [-0.2, -0.15) is 13.2 Å². The van der Waals surface area contributed by atoms with Crippen LogP contribution in [0, 0.1) is 5.92 Å². The Kier molecular flexibility index (Phi) is 3.25. The summed E-state index contributed by atoms with van der Waals surface area (Å²) in [5, 5.41) is -0.348. The summed E-state index contributed by atoms with van der Waals surface area (Å²) in [4.78, 5) is 0. The van der Waals surface area contributed by atoms with Crippen molar-refractivity contribution in [3.05, 3.63) is 28.8 Å². The molecule has 1 aliphatic carbocycles. The molecule has 1 nitrogen and oxygen atoms in total. The van der Waals surface area contributed by atoms with Gasteiger partial charge in [0.25, 0.3) is 0 Å². The minimum atomic E-state index is -4.44. The molecule has 5 heteroatoms. The highest BCUT2D eigenvalue weighted by Crippen LogP contribution is 2.41. The zero-order valence-corrected chi connectivity index (χ0v) is 9.98. The number of benzene rings is 1. The fraction of sp³-hybridized carbons (Fsp3) is 0.500. The first-order chi connectivity index (χ1) is 7.89. The molecule has 0 bridgehead atoms. The van der Waals surface area contributed by atoms with E-state index in [-0.39, 0.29) is 16.9 Å². The number of halogens is 4. The van der Waals surface area contributed by atoms with Crippen molar-refractivity contribution in [1.82, 2.24) is 0 Å². The lowest BCUT2D eigenvalue weighted by atomic mass is 9.83. The highest BCUT2D eigenvalue weighted by molar-refractivity contribution is 6.32. The van der Waals surface area contributed by atoms with Gasteiger partial charge in [-0.25, -0.2) is 0 Å². The third kappa shape index (κ3) is 2.51. The Morgan fingerprint density at radius 2 is 2.00 bits per heavy atom. The van der Waals surface area contributed by atoms with Crippen LogP contribution in [0.25, 0.3) is 0 Å². The Morgan fingerprint density at radius 1 is 1.29 bits per heavy atom. The van der Waals surface area contributed by atoms with E-state index >= 15 is 0 Å². The van der Waals surface area contributed by atoms with Crippen molar-refractivity contribution >= 4 is 11.6 Å². The molecule has 0 N–H and O–H groups in total. The minimum Gasteiger partial charge on any atom is -0.489 e. The van der Waals surface area contributed by atoms with E-state index in [1.165, 1.54) is 12.1 Å². The maximum Gasteiger partial charge on any atom is 0.417 e. The second kappa shape index (κ2) is 4.41. The van der Waals surface area contributed by atoms with Gasteiger partial charge in [-0.1, -0.05) is 24.6 Å². The molecule has 0 unspecified atom stereocenters. The van der Waals surface area contributed by atoms with E-state index in [2.05, 4.69) is 0 Å². The number of alkyl halides is 3. The SMILES string of the molecule is C[C@@H]1CC[C@H]1Oc1cccc(C(F)(F)F)c1Cl. The van der Waals surface area contributed by atoms with Crippen LogP contribution in [0.1, 0.15) is 25.3 Å². The lowest BCUT2D eigenvalue weighted by molar-refractivity contribution is -0.137. The van der Waals surface area contributed by atoms with Crippen LogP contribution in [-0.2, 0) is 6.18 Å². The average molecular weight is 265 g/mol. The summed E-state index contributed by atoms with van der Waals surface area (Å²) in [6, 6.07) is 3.75. The van der Waals surface area contributed by atoms with E-state index in [0.29, 0.717) is 5.92 Å². The van der Waals surface area contributed by atoms with Crippen molar-refractivity contribution in [3.8, 4) is 5.75 Å². The maximum absolute atomic E-state index is 12.6. The van der Waals surface area contributed by atoms with Crippen molar-refractivity contribution < 1.29 is 17.9 Å². The van der Waals surface area contributed by atoms with Gasteiger partial charge in [-0.05, 0) is 30.9 Å². The molecular formula is C12H12ClF3O. The number of hydrogen-bond donors (Lipinski definition) is 0. The molecule has 1 fully saturated rings. The van der Waals surface area contributed by atoms with Gasteiger partial charge in [0.05, 0.1) is 10.6 Å². The monoisotopic (exact) mass is 264 g/mol. The number of ether oxygens (including phenoxy) is 1. The van der Waals surface area contributed by atoms with Crippen LogP contribution < -0.4 is 4.74 Å². The van der Waals surface area contributed by atoms with E-state index in [9.17, 15) is 13.2 Å². The first-order valence-electron chi connectivity index (χ1n) is 5.42. The Bertz CT molecular complexity index is 417. The van der Waals surface area contributed by atoms with Gasteiger partial charge < -0.3 is 4.74 Å². The minimum absolute atomic E-state index is 0.0176. The molecule has 1 saturated carbocycles. The molecule has 2 atom stereocenters. The molecule has 0 aliphatic heterocycles. The third-order valence-corrected chi connectivity index (χ3v) is 3.48. The Labute approximate surface area is 103 Å². The molecule has 2 rings (SSSR count). The largest absolute Gasteiger partial charge is 0.489 e. The zero-order valence-electron chi connectivity index (χ0n) is 9.22. The summed E-state index contributed by atoms with van der Waals surface area (Å²) >= 11 is 5.72. The van der Waals surface area contributed by atoms with Crippen molar-refractivity contribution in [2.75, 3.05) is 0 Å². The van der Waals surface area contributed by atoms with E-state index in [1.54, 1.807) is 0 Å². The molecule has 0 saturated heterocycles. The molecule has 17 heavy (non-hydrogen) atoms. The van der Waals surface area contributed by atoms with Crippen LogP contribution in [0.4, 0.5) is 13.2 Å². The maximum atomic E-state index is 12.6. The van der Waals surface area contributed by atoms with Crippen LogP contribution in [0.15, 0.2) is 18.2 Å². The van der Waals surface area contributed by atoms with Gasteiger partial charge in [0.1, 0.15) is 11.9 Å². The Morgan fingerprint density at radius 3 is 2.47 bits per heavy atom. The van der Waals surface area contributed by atoms with Crippen LogP contribution in [0.2, 0.25) is 5.02 Å². The first kappa shape index (κ1) is 12.6. The second-order valence-corrected chi connectivity index (χ2v) is 4.70. The van der Waals surface area contributed by atoms with E-state index in [1.807, 2.05) is 6.92 Å². The molecule has 1 aromatic rings. The van der Waals surface area contributed by atoms with Crippen LogP contribution in [0.5, 0.6) is 5.75 Å². The summed E-state index contributed by atoms with van der Waals surface area (Å²) in [5.74, 6) is 0.499. The molecule has 0 amide bonds. The number of rotatable bonds is 2. The Balaban J connectivity index is 2.23. The summed E-state index contributed by atoms with van der Waals surface area (Å²) in [7, 11) is 0. The van der Waals surface area contributed by atoms with Gasteiger partial charge >= 0.3 is 6.18 Å². The summed E-state index contributed by atoms with van der Waals surface area (Å²) < 4.78 is 43.3. The smallest absolute Gasteiger partial charge is 0.417 e. The zero-order chi connectivity index (χ0) is 12.6. The average Bonchev–Trinajstić information content (AvgIpc) is 2.24. The van der Waals surface area contributed by atoms with Gasteiger partial charge in [-0.15, -0.1) is 0 Å². The molecule has 1 aliphatic rings. The van der Waals surface area contributed by atoms with Gasteiger partial charge in [-0.3, -0.25) is 0 Å². The van der Waals surface area contributed by atoms with Gasteiger partial charge in [0.15, 0.2) is 0 Å². The summed E-state index contributed by atoms with van der Waals surface area (Å²) in [6.07, 6.45) is -2.55. The van der Waals surface area contributed by atoms with E-state index < -0.39 is 11.7 Å². The van der Waals surface area contributed by atoms with Gasteiger partial charge in [0, 0.05) is 0 Å². The van der Waals surface area contributed by atoms with Crippen LogP contribution in [-0.4, -0.2) is 6.10 Å². The predicted molar refractivity (Wildman–Crippen MR) is 59.3 cm³/mol. The normalized spacial score (nSPS) is 24.3. The highest BCUT2D eigenvalue weighted by Gasteiger charge is 2.35. The molecule has 0 radical (unpaired) electrons. The Hall–Kier alpha value is -0.900. The standard InChI is InChI=1S/C12H12ClF3O/c1-7-5-6-9(7)17-10-4-2-3-8(11(10)13)12(14,15)16/h2-4,7,9H,5-6H2,1H3/t7-,9-/m1/s1. The second-order valence-electron chi connectivity index (χ2n) is 4.33. The topological polar surface area (TPSA) is 9.23 Å². The van der Waals surface area contributed by atoms with E-state index in [4.69, 9.17) is 16.3 Å². The lowest BCUT2D eigenvalue weighted by Gasteiger charge is -2.34. The summed E-state index contributed by atoms with van der Waals surface area (Å²) in [6.45, 7) is 2.01. The fourth-order valence-electron chi connectivity index (χ4n) is 1.79. The molecule has 0 heterocycles. The van der Waals surface area contributed by atoms with E-state index in [0.717, 1.165) is 18.9 Å². The third-order valence-electron chi connectivity index (χ3n) is 3.09. The number of hydrogen-bond acceptors (Lipinski definition) is 1. The molecule has 1 aromatic carbocycles. The summed E-state index contributed by atoms with van der Waals surface area (Å²) in [5.41, 5.74) is -0.844. The fourth-order valence-corrected chi connectivity index (χ4v) is 2.07. The molecule has 0 aromatic heterocycles. The van der Waals surface area contributed by atoms with Crippen molar-refractivity contribution in [1.29, 1.82) is 0 Å². The van der Waals surface area contributed by atoms with Crippen LogP contribution >= 0.6 is 11.6 Å². The van der Waals surface area contributed by atoms with Crippen LogP contribution in [0.3, 0.4) is 0 Å². The van der Waals surface area contributed by atoms with Crippen molar-refractivity contribution in [3.63, 3.8) is 0 Å². The van der Waals surface area contributed by atoms with Crippen molar-refractivity contribution in [2.24, 2.45) is 5.92 Å². The molecule has 94 valence electrons. The van der Waals surface area contributed by atoms with Crippen molar-refractivity contribution in [2.45, 2.75) is 32.0 Å². The predicted octanol–water partition coefficient (Wildman–Crippen LogP) is 4.54. The molecule has 0 spiro atoms. The quantitative estimate of drug-likeness (QED) is 0.762. The van der Waals surface area contributed by atoms with Gasteiger partial charge in [0.2, 0.25) is 0 Å². The highest BCUT2D eigenvalue weighted by atomic mass is 35.5.